The highest BCUT2D eigenvalue weighted by Gasteiger charge is 2.34. The summed E-state index contributed by atoms with van der Waals surface area (Å²) in [6.07, 6.45) is 1.60. The zero-order valence-corrected chi connectivity index (χ0v) is 20.8. The summed E-state index contributed by atoms with van der Waals surface area (Å²) in [4.78, 5) is 37.0. The molecule has 1 aliphatic heterocycles. The highest BCUT2D eigenvalue weighted by atomic mass is 35.5. The standard InChI is InChI=1S/C26H21ClN2O6S/c1-17-5-8-21(9-6-17)34-12-11-28-25(30)24(36-26(28)31)15-18-7-10-23(22(27)14-18)35-16-19-3-2-4-20(13-19)29(32)33/h2-10,13-15H,11-12,16H2,1H3/b24-15-. The summed E-state index contributed by atoms with van der Waals surface area (Å²) in [5.41, 5.74) is 2.35. The van der Waals surface area contributed by atoms with Crippen molar-refractivity contribution in [2.75, 3.05) is 13.2 Å². The summed E-state index contributed by atoms with van der Waals surface area (Å²) in [6, 6.07) is 18.6. The van der Waals surface area contributed by atoms with Crippen LogP contribution in [0.2, 0.25) is 5.02 Å². The van der Waals surface area contributed by atoms with E-state index in [4.69, 9.17) is 21.1 Å². The number of aryl methyl sites for hydroxylation is 1. The fourth-order valence-electron chi connectivity index (χ4n) is 3.38. The van der Waals surface area contributed by atoms with Crippen LogP contribution in [0, 0.1) is 17.0 Å². The Kier molecular flexibility index (Phi) is 7.92. The van der Waals surface area contributed by atoms with E-state index in [9.17, 15) is 19.7 Å². The maximum absolute atomic E-state index is 12.7. The zero-order chi connectivity index (χ0) is 25.7. The van der Waals surface area contributed by atoms with E-state index < -0.39 is 4.92 Å². The molecule has 0 bridgehead atoms. The van der Waals surface area contributed by atoms with Crippen LogP contribution < -0.4 is 9.47 Å². The molecule has 184 valence electrons. The van der Waals surface area contributed by atoms with Crippen LogP contribution in [0.25, 0.3) is 6.08 Å². The van der Waals surface area contributed by atoms with Gasteiger partial charge in [0.25, 0.3) is 16.8 Å². The van der Waals surface area contributed by atoms with Crippen LogP contribution in [0.15, 0.2) is 71.6 Å². The second kappa shape index (κ2) is 11.3. The Morgan fingerprint density at radius 3 is 2.56 bits per heavy atom. The van der Waals surface area contributed by atoms with Crippen LogP contribution in [0.5, 0.6) is 11.5 Å². The van der Waals surface area contributed by atoms with Crippen LogP contribution >= 0.6 is 23.4 Å². The smallest absolute Gasteiger partial charge is 0.293 e. The van der Waals surface area contributed by atoms with Gasteiger partial charge in [-0.3, -0.25) is 24.6 Å². The van der Waals surface area contributed by atoms with Crippen molar-refractivity contribution in [3.63, 3.8) is 0 Å². The lowest BCUT2D eigenvalue weighted by molar-refractivity contribution is -0.384. The molecule has 2 amide bonds. The average molecular weight is 525 g/mol. The highest BCUT2D eigenvalue weighted by molar-refractivity contribution is 8.18. The molecule has 0 saturated carbocycles. The molecule has 0 radical (unpaired) electrons. The molecule has 36 heavy (non-hydrogen) atoms. The lowest BCUT2D eigenvalue weighted by atomic mass is 10.2. The first kappa shape index (κ1) is 25.3. The van der Waals surface area contributed by atoms with Crippen LogP contribution in [0.1, 0.15) is 16.7 Å². The van der Waals surface area contributed by atoms with Crippen molar-refractivity contribution in [3.8, 4) is 11.5 Å². The molecular formula is C26H21ClN2O6S. The average Bonchev–Trinajstić information content (AvgIpc) is 3.12. The quantitative estimate of drug-likeness (QED) is 0.185. The Morgan fingerprint density at radius 2 is 1.83 bits per heavy atom. The topological polar surface area (TPSA) is 99.0 Å². The molecule has 1 heterocycles. The van der Waals surface area contributed by atoms with Crippen LogP contribution in [0.4, 0.5) is 10.5 Å². The van der Waals surface area contributed by atoms with E-state index in [0.717, 1.165) is 22.2 Å². The first-order chi connectivity index (χ1) is 17.3. The molecule has 10 heteroatoms. The molecule has 1 saturated heterocycles. The number of nitro groups is 1. The molecule has 1 aliphatic rings. The second-order valence-corrected chi connectivity index (χ2v) is 9.30. The molecule has 8 nitrogen and oxygen atoms in total. The number of thioether (sulfide) groups is 1. The molecule has 4 rings (SSSR count). The van der Waals surface area contributed by atoms with Crippen LogP contribution in [-0.2, 0) is 11.4 Å². The number of nitro benzene ring substituents is 1. The van der Waals surface area contributed by atoms with Gasteiger partial charge in [-0.25, -0.2) is 0 Å². The molecule has 3 aromatic rings. The van der Waals surface area contributed by atoms with E-state index in [2.05, 4.69) is 0 Å². The Hall–Kier alpha value is -3.82. The van der Waals surface area contributed by atoms with Crippen molar-refractivity contribution in [1.29, 1.82) is 0 Å². The third kappa shape index (κ3) is 6.24. The maximum atomic E-state index is 12.7. The Morgan fingerprint density at radius 1 is 1.06 bits per heavy atom. The molecule has 0 aromatic heterocycles. The predicted octanol–water partition coefficient (Wildman–Crippen LogP) is 6.25. The minimum Gasteiger partial charge on any atom is -0.492 e. The van der Waals surface area contributed by atoms with Crippen molar-refractivity contribution < 1.29 is 24.0 Å². The SMILES string of the molecule is Cc1ccc(OCCN2C(=O)S/C(=C\c3ccc(OCc4cccc([N+](=O)[O-])c4)c(Cl)c3)C2=O)cc1. The predicted molar refractivity (Wildman–Crippen MR) is 138 cm³/mol. The Balaban J connectivity index is 1.36. The van der Waals surface area contributed by atoms with Crippen molar-refractivity contribution in [2.24, 2.45) is 0 Å². The fourth-order valence-corrected chi connectivity index (χ4v) is 4.49. The lowest BCUT2D eigenvalue weighted by Gasteiger charge is -2.13. The molecule has 1 fully saturated rings. The monoisotopic (exact) mass is 524 g/mol. The van der Waals surface area contributed by atoms with Crippen molar-refractivity contribution in [3.05, 3.63) is 103 Å². The second-order valence-electron chi connectivity index (χ2n) is 7.90. The number of ether oxygens (including phenoxy) is 2. The molecule has 0 spiro atoms. The maximum Gasteiger partial charge on any atom is 0.293 e. The van der Waals surface area contributed by atoms with Gasteiger partial charge < -0.3 is 9.47 Å². The van der Waals surface area contributed by atoms with E-state index in [1.165, 1.54) is 12.1 Å². The first-order valence-electron chi connectivity index (χ1n) is 10.9. The van der Waals surface area contributed by atoms with E-state index in [1.807, 2.05) is 31.2 Å². The molecule has 0 N–H and O–H groups in total. The number of rotatable bonds is 9. The summed E-state index contributed by atoms with van der Waals surface area (Å²) >= 11 is 7.20. The largest absolute Gasteiger partial charge is 0.492 e. The van der Waals surface area contributed by atoms with Gasteiger partial charge in [-0.15, -0.1) is 0 Å². The van der Waals surface area contributed by atoms with Gasteiger partial charge in [-0.2, -0.15) is 0 Å². The van der Waals surface area contributed by atoms with Gasteiger partial charge in [0.1, 0.15) is 24.7 Å². The number of halogens is 1. The van der Waals surface area contributed by atoms with Gasteiger partial charge in [-0.1, -0.05) is 47.5 Å². The zero-order valence-electron chi connectivity index (χ0n) is 19.2. The number of nitrogens with zero attached hydrogens (tertiary/aromatic N) is 2. The summed E-state index contributed by atoms with van der Waals surface area (Å²) < 4.78 is 11.3. The highest BCUT2D eigenvalue weighted by Crippen LogP contribution is 2.34. The van der Waals surface area contributed by atoms with Gasteiger partial charge in [0.15, 0.2) is 0 Å². The van der Waals surface area contributed by atoms with E-state index in [-0.39, 0.29) is 41.5 Å². The number of hydrogen-bond donors (Lipinski definition) is 0. The van der Waals surface area contributed by atoms with Gasteiger partial charge in [-0.05, 0) is 60.2 Å². The number of carbonyl (C=O) groups excluding carboxylic acids is 2. The molecule has 3 aromatic carbocycles. The summed E-state index contributed by atoms with van der Waals surface area (Å²) in [5, 5.41) is 10.9. The molecule has 0 unspecified atom stereocenters. The summed E-state index contributed by atoms with van der Waals surface area (Å²) in [6.45, 7) is 2.41. The van der Waals surface area contributed by atoms with E-state index in [1.54, 1.807) is 36.4 Å². The van der Waals surface area contributed by atoms with Crippen molar-refractivity contribution in [2.45, 2.75) is 13.5 Å². The summed E-state index contributed by atoms with van der Waals surface area (Å²) in [5.74, 6) is 0.673. The van der Waals surface area contributed by atoms with Gasteiger partial charge in [0, 0.05) is 12.1 Å². The van der Waals surface area contributed by atoms with Crippen molar-refractivity contribution in [1.82, 2.24) is 4.90 Å². The van der Waals surface area contributed by atoms with Gasteiger partial charge in [0.2, 0.25) is 0 Å². The number of amides is 2. The number of hydrogen-bond acceptors (Lipinski definition) is 7. The number of imide groups is 1. The van der Waals surface area contributed by atoms with E-state index >= 15 is 0 Å². The third-order valence-corrected chi connectivity index (χ3v) is 6.45. The fraction of sp³-hybridized carbons (Fsp3) is 0.154. The molecule has 0 aliphatic carbocycles. The number of non-ortho nitro benzene ring substituents is 1. The van der Waals surface area contributed by atoms with E-state index in [0.29, 0.717) is 27.6 Å². The van der Waals surface area contributed by atoms with Gasteiger partial charge >= 0.3 is 0 Å². The minimum absolute atomic E-state index is 0.0202. The van der Waals surface area contributed by atoms with Crippen LogP contribution in [0.3, 0.4) is 0 Å². The Labute approximate surface area is 216 Å². The van der Waals surface area contributed by atoms with Crippen LogP contribution in [-0.4, -0.2) is 34.1 Å². The lowest BCUT2D eigenvalue weighted by Crippen LogP contribution is -2.32. The number of carbonyl (C=O) groups is 2. The minimum atomic E-state index is -0.468. The van der Waals surface area contributed by atoms with Crippen molar-refractivity contribution >= 4 is 46.3 Å². The molecule has 0 atom stereocenters. The Bertz CT molecular complexity index is 1340. The van der Waals surface area contributed by atoms with Gasteiger partial charge in [0.05, 0.1) is 21.4 Å². The number of benzene rings is 3. The molecular weight excluding hydrogens is 504 g/mol. The third-order valence-electron chi connectivity index (χ3n) is 5.25. The summed E-state index contributed by atoms with van der Waals surface area (Å²) in [7, 11) is 0. The normalized spacial score (nSPS) is 14.4. The first-order valence-corrected chi connectivity index (χ1v) is 12.1.